The van der Waals surface area contributed by atoms with Crippen molar-refractivity contribution >= 4 is 29.1 Å². The number of nitrogen functional groups attached to an aromatic ring is 1. The highest BCUT2D eigenvalue weighted by Gasteiger charge is 2.04. The zero-order chi connectivity index (χ0) is 15.5. The van der Waals surface area contributed by atoms with Crippen molar-refractivity contribution in [2.45, 2.75) is 13.5 Å². The van der Waals surface area contributed by atoms with Gasteiger partial charge in [0, 0.05) is 24.6 Å². The van der Waals surface area contributed by atoms with E-state index in [1.807, 2.05) is 31.3 Å². The molecule has 6 nitrogen and oxygen atoms in total. The Labute approximate surface area is 133 Å². The predicted octanol–water partition coefficient (Wildman–Crippen LogP) is 3.01. The van der Waals surface area contributed by atoms with Crippen LogP contribution in [0.25, 0.3) is 0 Å². The van der Waals surface area contributed by atoms with E-state index >= 15 is 0 Å². The third-order valence-electron chi connectivity index (χ3n) is 3.23. The lowest BCUT2D eigenvalue weighted by Crippen LogP contribution is -2.03. The van der Waals surface area contributed by atoms with Crippen LogP contribution in [0.15, 0.2) is 42.9 Å². The predicted molar refractivity (Wildman–Crippen MR) is 87.2 cm³/mol. The highest BCUT2D eigenvalue weighted by Crippen LogP contribution is 2.19. The summed E-state index contributed by atoms with van der Waals surface area (Å²) in [6.45, 7) is 2.73. The summed E-state index contributed by atoms with van der Waals surface area (Å²) in [7, 11) is 0. The van der Waals surface area contributed by atoms with Gasteiger partial charge in [-0.3, -0.25) is 0 Å². The van der Waals surface area contributed by atoms with Crippen LogP contribution in [0.4, 0.5) is 17.5 Å². The minimum absolute atomic E-state index is 0.254. The molecule has 0 fully saturated rings. The number of anilines is 3. The van der Waals surface area contributed by atoms with E-state index < -0.39 is 0 Å². The fourth-order valence-corrected chi connectivity index (χ4v) is 2.18. The van der Waals surface area contributed by atoms with E-state index in [4.69, 9.17) is 17.3 Å². The van der Waals surface area contributed by atoms with Crippen LogP contribution in [0.5, 0.6) is 0 Å². The number of aromatic nitrogens is 4. The van der Waals surface area contributed by atoms with Crippen molar-refractivity contribution in [3.05, 3.63) is 59.3 Å². The first-order chi connectivity index (χ1) is 10.6. The lowest BCUT2D eigenvalue weighted by atomic mass is 10.2. The third kappa shape index (κ3) is 3.17. The van der Waals surface area contributed by atoms with Gasteiger partial charge < -0.3 is 15.6 Å². The average molecular weight is 315 g/mol. The minimum Gasteiger partial charge on any atom is -0.382 e. The summed E-state index contributed by atoms with van der Waals surface area (Å²) < 4.78 is 2.08. The fourth-order valence-electron chi connectivity index (χ4n) is 2.08. The van der Waals surface area contributed by atoms with Crippen molar-refractivity contribution in [2.24, 2.45) is 0 Å². The summed E-state index contributed by atoms with van der Waals surface area (Å²) in [5.74, 6) is 1.65. The molecular weight excluding hydrogens is 300 g/mol. The zero-order valence-electron chi connectivity index (χ0n) is 12.0. The molecule has 0 radical (unpaired) electrons. The smallest absolute Gasteiger partial charge is 0.229 e. The maximum atomic E-state index is 5.82. The standard InChI is InChI=1S/C15H15ClN6/c1-10-18-5-6-22(10)9-11-3-2-4-12(7-11)20-15-19-8-13(16)14(17)21-15/h2-8H,9H2,1H3,(H3,17,19,20,21). The molecule has 0 aliphatic rings. The molecular formula is C15H15ClN6. The van der Waals surface area contributed by atoms with Crippen molar-refractivity contribution in [3.63, 3.8) is 0 Å². The fraction of sp³-hybridized carbons (Fsp3) is 0.133. The van der Waals surface area contributed by atoms with Crippen LogP contribution in [0, 0.1) is 6.92 Å². The molecule has 0 spiro atoms. The van der Waals surface area contributed by atoms with Crippen LogP contribution >= 0.6 is 11.6 Å². The van der Waals surface area contributed by atoms with E-state index in [-0.39, 0.29) is 5.82 Å². The van der Waals surface area contributed by atoms with Crippen molar-refractivity contribution < 1.29 is 0 Å². The molecule has 0 bridgehead atoms. The maximum Gasteiger partial charge on any atom is 0.229 e. The van der Waals surface area contributed by atoms with Crippen LogP contribution in [-0.4, -0.2) is 19.5 Å². The number of nitrogens with two attached hydrogens (primary N) is 1. The van der Waals surface area contributed by atoms with Gasteiger partial charge in [-0.1, -0.05) is 23.7 Å². The van der Waals surface area contributed by atoms with Crippen molar-refractivity contribution in [1.29, 1.82) is 0 Å². The van der Waals surface area contributed by atoms with Gasteiger partial charge in [-0.15, -0.1) is 0 Å². The quantitative estimate of drug-likeness (QED) is 0.773. The number of nitrogens with zero attached hydrogens (tertiary/aromatic N) is 4. The number of aryl methyl sites for hydroxylation is 1. The molecule has 112 valence electrons. The summed E-state index contributed by atoms with van der Waals surface area (Å²) in [5, 5.41) is 3.46. The first-order valence-corrected chi connectivity index (χ1v) is 7.11. The van der Waals surface area contributed by atoms with Gasteiger partial charge in [0.25, 0.3) is 0 Å². The van der Waals surface area contributed by atoms with Crippen LogP contribution in [-0.2, 0) is 6.54 Å². The summed E-state index contributed by atoms with van der Waals surface area (Å²) in [5.41, 5.74) is 7.71. The topological polar surface area (TPSA) is 81.7 Å². The number of hydrogen-bond acceptors (Lipinski definition) is 5. The summed E-state index contributed by atoms with van der Waals surface area (Å²) >= 11 is 5.82. The van der Waals surface area contributed by atoms with Crippen LogP contribution in [0.2, 0.25) is 5.02 Å². The molecule has 22 heavy (non-hydrogen) atoms. The van der Waals surface area contributed by atoms with Gasteiger partial charge in [0.1, 0.15) is 16.7 Å². The Morgan fingerprint density at radius 2 is 2.18 bits per heavy atom. The molecule has 7 heteroatoms. The van der Waals surface area contributed by atoms with E-state index in [2.05, 4.69) is 30.9 Å². The summed E-state index contributed by atoms with van der Waals surface area (Å²) in [6.07, 6.45) is 5.23. The molecule has 0 unspecified atom stereocenters. The van der Waals surface area contributed by atoms with E-state index in [0.717, 1.165) is 23.6 Å². The summed E-state index contributed by atoms with van der Waals surface area (Å²) in [6, 6.07) is 8.01. The number of halogens is 1. The Kier molecular flexibility index (Phi) is 3.93. The maximum absolute atomic E-state index is 5.82. The molecule has 3 aromatic rings. The average Bonchev–Trinajstić information content (AvgIpc) is 2.89. The van der Waals surface area contributed by atoms with E-state index in [1.54, 1.807) is 6.20 Å². The summed E-state index contributed by atoms with van der Waals surface area (Å²) in [4.78, 5) is 12.4. The second-order valence-corrected chi connectivity index (χ2v) is 5.26. The highest BCUT2D eigenvalue weighted by molar-refractivity contribution is 6.32. The second kappa shape index (κ2) is 6.03. The highest BCUT2D eigenvalue weighted by atomic mass is 35.5. The lowest BCUT2D eigenvalue weighted by Gasteiger charge is -2.09. The SMILES string of the molecule is Cc1nccn1Cc1cccc(Nc2ncc(Cl)c(N)n2)c1. The Morgan fingerprint density at radius 3 is 2.91 bits per heavy atom. The molecule has 0 aliphatic carbocycles. The van der Waals surface area contributed by atoms with Crippen LogP contribution in [0.1, 0.15) is 11.4 Å². The van der Waals surface area contributed by atoms with Crippen LogP contribution < -0.4 is 11.1 Å². The molecule has 0 aliphatic heterocycles. The number of hydrogen-bond donors (Lipinski definition) is 2. The second-order valence-electron chi connectivity index (χ2n) is 4.85. The molecule has 0 saturated carbocycles. The number of imidazole rings is 1. The number of rotatable bonds is 4. The Bertz CT molecular complexity index is 798. The Hall–Kier alpha value is -2.60. The first-order valence-electron chi connectivity index (χ1n) is 6.73. The first kappa shape index (κ1) is 14.3. The third-order valence-corrected chi connectivity index (χ3v) is 3.52. The molecule has 2 aromatic heterocycles. The Balaban J connectivity index is 1.79. The molecule has 0 saturated heterocycles. The molecule has 2 heterocycles. The number of nitrogens with one attached hydrogen (secondary N) is 1. The van der Waals surface area contributed by atoms with E-state index in [0.29, 0.717) is 11.0 Å². The monoisotopic (exact) mass is 314 g/mol. The number of benzene rings is 1. The molecule has 0 atom stereocenters. The molecule has 0 amide bonds. The van der Waals surface area contributed by atoms with Gasteiger partial charge in [-0.2, -0.15) is 4.98 Å². The normalized spacial score (nSPS) is 10.6. The zero-order valence-corrected chi connectivity index (χ0v) is 12.7. The van der Waals surface area contributed by atoms with Gasteiger partial charge >= 0.3 is 0 Å². The van der Waals surface area contributed by atoms with E-state index in [9.17, 15) is 0 Å². The van der Waals surface area contributed by atoms with Crippen molar-refractivity contribution in [3.8, 4) is 0 Å². The van der Waals surface area contributed by atoms with E-state index in [1.165, 1.54) is 6.20 Å². The van der Waals surface area contributed by atoms with Crippen molar-refractivity contribution in [1.82, 2.24) is 19.5 Å². The van der Waals surface area contributed by atoms with Gasteiger partial charge in [-0.25, -0.2) is 9.97 Å². The van der Waals surface area contributed by atoms with Crippen molar-refractivity contribution in [2.75, 3.05) is 11.1 Å². The molecule has 3 N–H and O–H groups in total. The van der Waals surface area contributed by atoms with Gasteiger partial charge in [-0.05, 0) is 24.6 Å². The molecule has 1 aromatic carbocycles. The van der Waals surface area contributed by atoms with Crippen LogP contribution in [0.3, 0.4) is 0 Å². The lowest BCUT2D eigenvalue weighted by molar-refractivity contribution is 0.762. The van der Waals surface area contributed by atoms with Gasteiger partial charge in [0.15, 0.2) is 0 Å². The molecule has 3 rings (SSSR count). The minimum atomic E-state index is 0.254. The van der Waals surface area contributed by atoms with Gasteiger partial charge in [0.2, 0.25) is 5.95 Å². The van der Waals surface area contributed by atoms with Gasteiger partial charge in [0.05, 0.1) is 6.20 Å². The Morgan fingerprint density at radius 1 is 1.32 bits per heavy atom. The largest absolute Gasteiger partial charge is 0.382 e.